The molecule has 14 heavy (non-hydrogen) atoms. The number of nitro benzene ring substituents is 1. The Morgan fingerprint density at radius 3 is 2.79 bits per heavy atom. The fraction of sp³-hybridized carbons (Fsp3) is 0.125. The third kappa shape index (κ3) is 1.75. The Bertz CT molecular complexity index is 410. The van der Waals surface area contributed by atoms with Crippen molar-refractivity contribution < 1.29 is 14.5 Å². The molecule has 0 bridgehead atoms. The number of methoxy groups -OCH3 is 1. The summed E-state index contributed by atoms with van der Waals surface area (Å²) in [5.41, 5.74) is -0.400. The van der Waals surface area contributed by atoms with Gasteiger partial charge in [0.25, 0.3) is 0 Å². The van der Waals surface area contributed by atoms with Crippen molar-refractivity contribution in [3.8, 4) is 5.75 Å². The number of ether oxygens (including phenoxy) is 1. The number of benzene rings is 1. The minimum absolute atomic E-state index is 0.0616. The molecule has 0 aliphatic heterocycles. The first-order valence-electron chi connectivity index (χ1n) is 3.60. The Kier molecular flexibility index (Phi) is 2.93. The number of nitrogens with zero attached hydrogens (tertiary/aromatic N) is 2. The van der Waals surface area contributed by atoms with E-state index in [1.165, 1.54) is 31.4 Å². The molecule has 6 heteroatoms. The summed E-state index contributed by atoms with van der Waals surface area (Å²) in [4.78, 5) is 23.2. The van der Waals surface area contributed by atoms with E-state index in [-0.39, 0.29) is 17.1 Å². The van der Waals surface area contributed by atoms with Crippen LogP contribution in [0.25, 0.3) is 0 Å². The zero-order chi connectivity index (χ0) is 10.6. The van der Waals surface area contributed by atoms with Crippen LogP contribution in [0.5, 0.6) is 5.75 Å². The number of isocyanates is 1. The summed E-state index contributed by atoms with van der Waals surface area (Å²) in [6, 6.07) is 4.26. The summed E-state index contributed by atoms with van der Waals surface area (Å²) in [6.45, 7) is 0. The zero-order valence-corrected chi connectivity index (χ0v) is 7.26. The van der Waals surface area contributed by atoms with E-state index >= 15 is 0 Å². The second kappa shape index (κ2) is 4.15. The van der Waals surface area contributed by atoms with Crippen molar-refractivity contribution in [1.82, 2.24) is 0 Å². The molecule has 0 heterocycles. The maximum absolute atomic E-state index is 10.6. The zero-order valence-electron chi connectivity index (χ0n) is 7.26. The molecule has 1 aromatic rings. The fourth-order valence-electron chi connectivity index (χ4n) is 0.998. The normalized spacial score (nSPS) is 8.93. The summed E-state index contributed by atoms with van der Waals surface area (Å²) in [7, 11) is 1.30. The van der Waals surface area contributed by atoms with Crippen LogP contribution in [0.3, 0.4) is 0 Å². The van der Waals surface area contributed by atoms with Gasteiger partial charge in [-0.1, -0.05) is 6.07 Å². The van der Waals surface area contributed by atoms with Gasteiger partial charge in [-0.05, 0) is 12.1 Å². The third-order valence-electron chi connectivity index (χ3n) is 1.55. The topological polar surface area (TPSA) is 81.8 Å². The molecule has 72 valence electrons. The summed E-state index contributed by atoms with van der Waals surface area (Å²) >= 11 is 0. The van der Waals surface area contributed by atoms with Crippen LogP contribution in [0.15, 0.2) is 23.2 Å². The molecular weight excluding hydrogens is 188 g/mol. The van der Waals surface area contributed by atoms with E-state index in [1.54, 1.807) is 0 Å². The van der Waals surface area contributed by atoms with Crippen LogP contribution in [-0.4, -0.2) is 18.1 Å². The number of aliphatic imine (C=N–C) groups is 1. The molecule has 0 saturated carbocycles. The van der Waals surface area contributed by atoms with Crippen molar-refractivity contribution in [3.63, 3.8) is 0 Å². The molecule has 0 unspecified atom stereocenters. The van der Waals surface area contributed by atoms with Crippen molar-refractivity contribution >= 4 is 17.5 Å². The minimum atomic E-state index is -0.658. The summed E-state index contributed by atoms with van der Waals surface area (Å²) in [6.07, 6.45) is 1.25. The van der Waals surface area contributed by atoms with Crippen LogP contribution in [0.4, 0.5) is 11.4 Å². The average molecular weight is 194 g/mol. The van der Waals surface area contributed by atoms with Crippen LogP contribution in [0, 0.1) is 10.1 Å². The quantitative estimate of drug-likeness (QED) is 0.316. The molecular formula is C8H6N2O4. The first kappa shape index (κ1) is 9.88. The molecule has 0 aromatic heterocycles. The lowest BCUT2D eigenvalue weighted by Crippen LogP contribution is -1.93. The van der Waals surface area contributed by atoms with Gasteiger partial charge in [-0.15, -0.1) is 0 Å². The number of rotatable bonds is 3. The number of carbonyl (C=O) groups excluding carboxylic acids is 1. The molecule has 1 aromatic carbocycles. The van der Waals surface area contributed by atoms with Gasteiger partial charge in [0.2, 0.25) is 6.08 Å². The molecule has 0 radical (unpaired) electrons. The molecule has 0 amide bonds. The lowest BCUT2D eigenvalue weighted by molar-refractivity contribution is -0.384. The standard InChI is InChI=1S/C8H6N2O4/c1-14-7-4-2-3-6(9-5-11)8(7)10(12)13/h2-4H,1H3. The van der Waals surface area contributed by atoms with Gasteiger partial charge in [-0.3, -0.25) is 10.1 Å². The summed E-state index contributed by atoms with van der Waals surface area (Å²) in [5, 5.41) is 10.6. The Labute approximate surface area is 79.0 Å². The van der Waals surface area contributed by atoms with E-state index in [0.717, 1.165) is 0 Å². The highest BCUT2D eigenvalue weighted by atomic mass is 16.6. The number of nitro groups is 1. The van der Waals surface area contributed by atoms with Crippen LogP contribution in [-0.2, 0) is 4.79 Å². The maximum atomic E-state index is 10.6. The van der Waals surface area contributed by atoms with E-state index in [9.17, 15) is 14.9 Å². The highest BCUT2D eigenvalue weighted by molar-refractivity contribution is 5.67. The van der Waals surface area contributed by atoms with Gasteiger partial charge in [0, 0.05) is 0 Å². The monoisotopic (exact) mass is 194 g/mol. The Morgan fingerprint density at radius 1 is 1.57 bits per heavy atom. The van der Waals surface area contributed by atoms with Crippen molar-refractivity contribution in [1.29, 1.82) is 0 Å². The SMILES string of the molecule is COc1cccc(N=C=O)c1[N+](=O)[O-]. The lowest BCUT2D eigenvalue weighted by atomic mass is 10.2. The van der Waals surface area contributed by atoms with E-state index < -0.39 is 4.92 Å². The van der Waals surface area contributed by atoms with Crippen LogP contribution < -0.4 is 4.74 Å². The average Bonchev–Trinajstić information content (AvgIpc) is 2.17. The fourth-order valence-corrected chi connectivity index (χ4v) is 0.998. The lowest BCUT2D eigenvalue weighted by Gasteiger charge is -2.01. The smallest absolute Gasteiger partial charge is 0.337 e. The minimum Gasteiger partial charge on any atom is -0.490 e. The van der Waals surface area contributed by atoms with Gasteiger partial charge >= 0.3 is 5.69 Å². The number of hydrogen-bond donors (Lipinski definition) is 0. The van der Waals surface area contributed by atoms with Gasteiger partial charge < -0.3 is 4.74 Å². The predicted octanol–water partition coefficient (Wildman–Crippen LogP) is 1.57. The van der Waals surface area contributed by atoms with Crippen molar-refractivity contribution in [2.45, 2.75) is 0 Å². The van der Waals surface area contributed by atoms with Crippen LogP contribution in [0.1, 0.15) is 0 Å². The van der Waals surface area contributed by atoms with E-state index in [0.29, 0.717) is 0 Å². The summed E-state index contributed by atoms with van der Waals surface area (Å²) < 4.78 is 4.76. The Morgan fingerprint density at radius 2 is 2.29 bits per heavy atom. The van der Waals surface area contributed by atoms with Crippen LogP contribution in [0.2, 0.25) is 0 Å². The Hall–Kier alpha value is -2.20. The highest BCUT2D eigenvalue weighted by Gasteiger charge is 2.19. The van der Waals surface area contributed by atoms with Gasteiger partial charge in [0.15, 0.2) is 11.4 Å². The van der Waals surface area contributed by atoms with Crippen LogP contribution >= 0.6 is 0 Å². The van der Waals surface area contributed by atoms with Gasteiger partial charge in [-0.25, -0.2) is 4.79 Å². The molecule has 0 fully saturated rings. The molecule has 0 spiro atoms. The number of hydrogen-bond acceptors (Lipinski definition) is 5. The predicted molar refractivity (Wildman–Crippen MR) is 47.4 cm³/mol. The maximum Gasteiger partial charge on any atom is 0.337 e. The molecule has 6 nitrogen and oxygen atoms in total. The second-order valence-corrected chi connectivity index (χ2v) is 2.29. The van der Waals surface area contributed by atoms with E-state index in [2.05, 4.69) is 4.99 Å². The highest BCUT2D eigenvalue weighted by Crippen LogP contribution is 2.35. The largest absolute Gasteiger partial charge is 0.490 e. The van der Waals surface area contributed by atoms with Gasteiger partial charge in [-0.2, -0.15) is 4.99 Å². The van der Waals surface area contributed by atoms with Gasteiger partial charge in [0.05, 0.1) is 12.0 Å². The first-order chi connectivity index (χ1) is 6.70. The van der Waals surface area contributed by atoms with Crippen molar-refractivity contribution in [2.75, 3.05) is 7.11 Å². The summed E-state index contributed by atoms with van der Waals surface area (Å²) in [5.74, 6) is 0.0616. The first-order valence-corrected chi connectivity index (χ1v) is 3.60. The molecule has 0 saturated heterocycles. The van der Waals surface area contributed by atoms with Gasteiger partial charge in [0.1, 0.15) is 0 Å². The van der Waals surface area contributed by atoms with Crippen molar-refractivity contribution in [3.05, 3.63) is 28.3 Å². The Balaban J connectivity index is 3.42. The van der Waals surface area contributed by atoms with Crippen molar-refractivity contribution in [2.24, 2.45) is 4.99 Å². The van der Waals surface area contributed by atoms with E-state index in [1.807, 2.05) is 0 Å². The van der Waals surface area contributed by atoms with E-state index in [4.69, 9.17) is 4.74 Å². The third-order valence-corrected chi connectivity index (χ3v) is 1.55. The molecule has 0 N–H and O–H groups in total. The molecule has 0 aliphatic rings. The second-order valence-electron chi connectivity index (χ2n) is 2.29. The molecule has 0 aliphatic carbocycles. The molecule has 0 atom stereocenters. The molecule has 1 rings (SSSR count). The number of para-hydroxylation sites is 1.